The van der Waals surface area contributed by atoms with Gasteiger partial charge in [0.2, 0.25) is 5.91 Å². The number of hydrogen-bond acceptors (Lipinski definition) is 4. The highest BCUT2D eigenvalue weighted by Crippen LogP contribution is 2.08. The zero-order valence-electron chi connectivity index (χ0n) is 10.6. The number of amides is 2. The van der Waals surface area contributed by atoms with Gasteiger partial charge in [-0.25, -0.2) is 0 Å². The number of aliphatic imine (C=N–C) groups is 1. The fraction of sp³-hybridized carbons (Fsp3) is 0.308. The topological polar surface area (TPSA) is 70.6 Å². The van der Waals surface area contributed by atoms with Gasteiger partial charge in [-0.05, 0) is 18.6 Å². The SMILES string of the molecule is Cc1ccccc1C(=O)NCC(=O)NC1=NCCS1. The van der Waals surface area contributed by atoms with Crippen LogP contribution in [-0.4, -0.2) is 35.8 Å². The normalized spacial score (nSPS) is 13.8. The Balaban J connectivity index is 1.83. The van der Waals surface area contributed by atoms with Crippen LogP contribution in [0, 0.1) is 6.92 Å². The molecule has 6 heteroatoms. The van der Waals surface area contributed by atoms with Crippen molar-refractivity contribution in [2.75, 3.05) is 18.8 Å². The van der Waals surface area contributed by atoms with E-state index in [4.69, 9.17) is 0 Å². The van der Waals surface area contributed by atoms with Crippen molar-refractivity contribution in [3.05, 3.63) is 35.4 Å². The van der Waals surface area contributed by atoms with Gasteiger partial charge in [0.15, 0.2) is 5.17 Å². The van der Waals surface area contributed by atoms with E-state index in [9.17, 15) is 9.59 Å². The Kier molecular flexibility index (Phi) is 4.57. The molecular formula is C13H15N3O2S. The molecule has 0 aromatic heterocycles. The quantitative estimate of drug-likeness (QED) is 0.864. The second-order valence-electron chi connectivity index (χ2n) is 4.08. The van der Waals surface area contributed by atoms with Crippen molar-refractivity contribution in [2.24, 2.45) is 4.99 Å². The molecule has 1 aromatic carbocycles. The maximum Gasteiger partial charge on any atom is 0.251 e. The molecule has 1 heterocycles. The van der Waals surface area contributed by atoms with E-state index in [1.165, 1.54) is 11.8 Å². The summed E-state index contributed by atoms with van der Waals surface area (Å²) in [4.78, 5) is 27.6. The van der Waals surface area contributed by atoms with E-state index in [0.29, 0.717) is 10.7 Å². The van der Waals surface area contributed by atoms with Gasteiger partial charge < -0.3 is 10.6 Å². The lowest BCUT2D eigenvalue weighted by Crippen LogP contribution is -2.38. The van der Waals surface area contributed by atoms with Gasteiger partial charge >= 0.3 is 0 Å². The molecule has 0 saturated heterocycles. The van der Waals surface area contributed by atoms with Crippen LogP contribution in [0.2, 0.25) is 0 Å². The third kappa shape index (κ3) is 3.82. The molecular weight excluding hydrogens is 262 g/mol. The number of hydrogen-bond donors (Lipinski definition) is 2. The molecule has 0 spiro atoms. The third-order valence-electron chi connectivity index (χ3n) is 2.63. The van der Waals surface area contributed by atoms with Crippen LogP contribution in [0.4, 0.5) is 0 Å². The lowest BCUT2D eigenvalue weighted by molar-refractivity contribution is -0.118. The Labute approximate surface area is 115 Å². The molecule has 2 N–H and O–H groups in total. The van der Waals surface area contributed by atoms with E-state index in [2.05, 4.69) is 15.6 Å². The Morgan fingerprint density at radius 2 is 2.16 bits per heavy atom. The van der Waals surface area contributed by atoms with E-state index in [1.54, 1.807) is 12.1 Å². The summed E-state index contributed by atoms with van der Waals surface area (Å²) >= 11 is 1.51. The molecule has 100 valence electrons. The van der Waals surface area contributed by atoms with E-state index in [1.807, 2.05) is 19.1 Å². The summed E-state index contributed by atoms with van der Waals surface area (Å²) in [5.41, 5.74) is 1.47. The Bertz CT molecular complexity index is 528. The van der Waals surface area contributed by atoms with Crippen LogP contribution >= 0.6 is 11.8 Å². The zero-order valence-corrected chi connectivity index (χ0v) is 11.4. The number of amidine groups is 1. The van der Waals surface area contributed by atoms with Gasteiger partial charge in [0.05, 0.1) is 13.1 Å². The van der Waals surface area contributed by atoms with Crippen molar-refractivity contribution < 1.29 is 9.59 Å². The van der Waals surface area contributed by atoms with Crippen molar-refractivity contribution in [1.82, 2.24) is 10.6 Å². The van der Waals surface area contributed by atoms with Crippen molar-refractivity contribution in [3.63, 3.8) is 0 Å². The minimum absolute atomic E-state index is 0.0489. The van der Waals surface area contributed by atoms with Gasteiger partial charge in [-0.3, -0.25) is 14.6 Å². The predicted octanol–water partition coefficient (Wildman–Crippen LogP) is 0.944. The Hall–Kier alpha value is -1.82. The van der Waals surface area contributed by atoms with E-state index >= 15 is 0 Å². The highest BCUT2D eigenvalue weighted by Gasteiger charge is 2.13. The molecule has 0 unspecified atom stereocenters. The second-order valence-corrected chi connectivity index (χ2v) is 5.16. The van der Waals surface area contributed by atoms with E-state index < -0.39 is 0 Å². The zero-order chi connectivity index (χ0) is 13.7. The summed E-state index contributed by atoms with van der Waals surface area (Å²) in [7, 11) is 0. The number of thioether (sulfide) groups is 1. The lowest BCUT2D eigenvalue weighted by atomic mass is 10.1. The average molecular weight is 277 g/mol. The van der Waals surface area contributed by atoms with Crippen LogP contribution in [0.15, 0.2) is 29.3 Å². The summed E-state index contributed by atoms with van der Waals surface area (Å²) in [5.74, 6) is 0.398. The van der Waals surface area contributed by atoms with Gasteiger partial charge in [0, 0.05) is 11.3 Å². The van der Waals surface area contributed by atoms with Crippen LogP contribution in [-0.2, 0) is 4.79 Å². The molecule has 19 heavy (non-hydrogen) atoms. The first-order valence-electron chi connectivity index (χ1n) is 5.98. The maximum absolute atomic E-state index is 11.9. The first-order chi connectivity index (χ1) is 9.16. The van der Waals surface area contributed by atoms with Gasteiger partial charge in [-0.15, -0.1) is 0 Å². The van der Waals surface area contributed by atoms with Gasteiger partial charge in [0.1, 0.15) is 0 Å². The molecule has 0 atom stereocenters. The Morgan fingerprint density at radius 3 is 2.84 bits per heavy atom. The van der Waals surface area contributed by atoms with Gasteiger partial charge in [-0.1, -0.05) is 30.0 Å². The maximum atomic E-state index is 11.9. The summed E-state index contributed by atoms with van der Waals surface area (Å²) in [6.07, 6.45) is 0. The molecule has 1 aliphatic heterocycles. The lowest BCUT2D eigenvalue weighted by Gasteiger charge is -2.07. The van der Waals surface area contributed by atoms with Gasteiger partial charge in [-0.2, -0.15) is 0 Å². The third-order valence-corrected chi connectivity index (χ3v) is 3.52. The van der Waals surface area contributed by atoms with Crippen molar-refractivity contribution in [3.8, 4) is 0 Å². The number of benzene rings is 1. The molecule has 0 radical (unpaired) electrons. The van der Waals surface area contributed by atoms with Crippen molar-refractivity contribution >= 4 is 28.7 Å². The molecule has 0 fully saturated rings. The molecule has 0 saturated carbocycles. The van der Waals surface area contributed by atoms with Crippen LogP contribution in [0.3, 0.4) is 0 Å². The highest BCUT2D eigenvalue weighted by molar-refractivity contribution is 8.14. The fourth-order valence-corrected chi connectivity index (χ4v) is 2.40. The predicted molar refractivity (Wildman–Crippen MR) is 76.4 cm³/mol. The number of carbonyl (C=O) groups is 2. The van der Waals surface area contributed by atoms with E-state index in [-0.39, 0.29) is 18.4 Å². The fourth-order valence-electron chi connectivity index (χ4n) is 1.66. The minimum atomic E-state index is -0.255. The van der Waals surface area contributed by atoms with Crippen LogP contribution in [0.25, 0.3) is 0 Å². The molecule has 2 rings (SSSR count). The average Bonchev–Trinajstić information content (AvgIpc) is 2.89. The first-order valence-corrected chi connectivity index (χ1v) is 6.96. The van der Waals surface area contributed by atoms with Crippen molar-refractivity contribution in [1.29, 1.82) is 0 Å². The number of nitrogens with zero attached hydrogens (tertiary/aromatic N) is 1. The largest absolute Gasteiger partial charge is 0.343 e. The van der Waals surface area contributed by atoms with Crippen LogP contribution in [0.5, 0.6) is 0 Å². The molecule has 1 aliphatic rings. The van der Waals surface area contributed by atoms with Crippen LogP contribution in [0.1, 0.15) is 15.9 Å². The Morgan fingerprint density at radius 1 is 1.37 bits per heavy atom. The monoisotopic (exact) mass is 277 g/mol. The number of aryl methyl sites for hydroxylation is 1. The first kappa shape index (κ1) is 13.6. The van der Waals surface area contributed by atoms with Gasteiger partial charge in [0.25, 0.3) is 5.91 Å². The van der Waals surface area contributed by atoms with E-state index in [0.717, 1.165) is 17.9 Å². The molecule has 0 bridgehead atoms. The van der Waals surface area contributed by atoms with Crippen LogP contribution < -0.4 is 10.6 Å². The summed E-state index contributed by atoms with van der Waals surface area (Å²) in [6.45, 7) is 2.54. The summed E-state index contributed by atoms with van der Waals surface area (Å²) in [5, 5.41) is 5.89. The minimum Gasteiger partial charge on any atom is -0.343 e. The number of nitrogens with one attached hydrogen (secondary N) is 2. The number of rotatable bonds is 3. The van der Waals surface area contributed by atoms with Crippen molar-refractivity contribution in [2.45, 2.75) is 6.92 Å². The molecule has 2 amide bonds. The smallest absolute Gasteiger partial charge is 0.251 e. The second kappa shape index (κ2) is 6.38. The summed E-state index contributed by atoms with van der Waals surface area (Å²) < 4.78 is 0. The number of carbonyl (C=O) groups excluding carboxylic acids is 2. The molecule has 5 nitrogen and oxygen atoms in total. The summed E-state index contributed by atoms with van der Waals surface area (Å²) in [6, 6.07) is 7.26. The highest BCUT2D eigenvalue weighted by atomic mass is 32.2. The molecule has 0 aliphatic carbocycles. The molecule has 1 aromatic rings. The standard InChI is InChI=1S/C13H15N3O2S/c1-9-4-2-3-5-10(9)12(18)15-8-11(17)16-13-14-6-7-19-13/h2-5H,6-8H2,1H3,(H,15,18)(H,14,16,17).